The molecule has 35 heavy (non-hydrogen) atoms. The second kappa shape index (κ2) is 9.09. The summed E-state index contributed by atoms with van der Waals surface area (Å²) >= 11 is 0. The van der Waals surface area contributed by atoms with Gasteiger partial charge in [-0.3, -0.25) is 4.79 Å². The molecule has 0 radical (unpaired) electrons. The zero-order valence-electron chi connectivity index (χ0n) is 20.6. The predicted molar refractivity (Wildman–Crippen MR) is 130 cm³/mol. The van der Waals surface area contributed by atoms with Crippen LogP contribution in [0.25, 0.3) is 11.0 Å². The molecule has 1 amide bonds. The van der Waals surface area contributed by atoms with E-state index in [1.54, 1.807) is 20.2 Å². The molecule has 188 valence electrons. The van der Waals surface area contributed by atoms with E-state index in [2.05, 4.69) is 35.4 Å². The fraction of sp³-hybridized carbons (Fsp3) is 0.462. The zero-order chi connectivity index (χ0) is 25.5. The SMILES string of the molecule is C[C@@H]1C[C@H](n2c(Nc3ccc(OC(F)(F)F)cc3)nc3cc(C(=O)N(C)C)ccc32)CC(C)(C)C1. The van der Waals surface area contributed by atoms with Gasteiger partial charge in [0, 0.05) is 31.4 Å². The van der Waals surface area contributed by atoms with E-state index in [4.69, 9.17) is 4.98 Å². The Morgan fingerprint density at radius 2 is 1.83 bits per heavy atom. The number of hydrogen-bond acceptors (Lipinski definition) is 4. The lowest BCUT2D eigenvalue weighted by molar-refractivity contribution is -0.274. The summed E-state index contributed by atoms with van der Waals surface area (Å²) in [5.41, 5.74) is 2.89. The second-order valence-electron chi connectivity index (χ2n) is 10.5. The summed E-state index contributed by atoms with van der Waals surface area (Å²) < 4.78 is 43.7. The van der Waals surface area contributed by atoms with E-state index in [1.165, 1.54) is 29.2 Å². The minimum atomic E-state index is -4.74. The summed E-state index contributed by atoms with van der Waals surface area (Å²) in [5.74, 6) is 0.728. The number of fused-ring (bicyclic) bond motifs is 1. The van der Waals surface area contributed by atoms with Crippen molar-refractivity contribution in [3.05, 3.63) is 48.0 Å². The Balaban J connectivity index is 1.74. The molecule has 0 aliphatic heterocycles. The summed E-state index contributed by atoms with van der Waals surface area (Å²) in [6.45, 7) is 6.80. The van der Waals surface area contributed by atoms with Crippen molar-refractivity contribution in [1.82, 2.24) is 14.5 Å². The molecule has 1 saturated carbocycles. The van der Waals surface area contributed by atoms with Crippen molar-refractivity contribution in [3.8, 4) is 5.75 Å². The summed E-state index contributed by atoms with van der Waals surface area (Å²) in [5, 5.41) is 3.28. The Morgan fingerprint density at radius 3 is 2.43 bits per heavy atom. The van der Waals surface area contributed by atoms with Crippen LogP contribution in [0.1, 0.15) is 56.4 Å². The van der Waals surface area contributed by atoms with Gasteiger partial charge in [0.25, 0.3) is 5.91 Å². The van der Waals surface area contributed by atoms with Crippen LogP contribution < -0.4 is 10.1 Å². The van der Waals surface area contributed by atoms with Gasteiger partial charge in [-0.25, -0.2) is 4.98 Å². The van der Waals surface area contributed by atoms with Gasteiger partial charge >= 0.3 is 6.36 Å². The first-order valence-electron chi connectivity index (χ1n) is 11.7. The largest absolute Gasteiger partial charge is 0.573 e. The highest BCUT2D eigenvalue weighted by Crippen LogP contribution is 2.46. The molecule has 0 spiro atoms. The molecule has 4 rings (SSSR count). The first-order valence-corrected chi connectivity index (χ1v) is 11.7. The number of nitrogens with one attached hydrogen (secondary N) is 1. The monoisotopic (exact) mass is 488 g/mol. The van der Waals surface area contributed by atoms with Gasteiger partial charge in [-0.1, -0.05) is 20.8 Å². The van der Waals surface area contributed by atoms with Gasteiger partial charge in [0.1, 0.15) is 5.75 Å². The number of alkyl halides is 3. The van der Waals surface area contributed by atoms with Crippen molar-refractivity contribution < 1.29 is 22.7 Å². The first-order chi connectivity index (χ1) is 16.3. The highest BCUT2D eigenvalue weighted by molar-refractivity contribution is 5.97. The third-order valence-corrected chi connectivity index (χ3v) is 6.42. The molecule has 2 aromatic carbocycles. The van der Waals surface area contributed by atoms with Crippen LogP contribution in [0.5, 0.6) is 5.75 Å². The lowest BCUT2D eigenvalue weighted by Crippen LogP contribution is -2.29. The maximum Gasteiger partial charge on any atom is 0.573 e. The maximum atomic E-state index is 12.5. The van der Waals surface area contributed by atoms with Gasteiger partial charge in [-0.15, -0.1) is 13.2 Å². The Morgan fingerprint density at radius 1 is 1.14 bits per heavy atom. The number of anilines is 2. The number of carbonyl (C=O) groups is 1. The Kier molecular flexibility index (Phi) is 6.46. The summed E-state index contributed by atoms with van der Waals surface area (Å²) in [6.07, 6.45) is -1.65. The number of hydrogen-bond donors (Lipinski definition) is 1. The Labute approximate surface area is 203 Å². The lowest BCUT2D eigenvalue weighted by Gasteiger charge is -2.40. The fourth-order valence-corrected chi connectivity index (χ4v) is 5.31. The molecule has 1 aliphatic carbocycles. The van der Waals surface area contributed by atoms with Gasteiger partial charge in [0.05, 0.1) is 11.0 Å². The molecule has 0 bridgehead atoms. The predicted octanol–water partition coefficient (Wildman–Crippen LogP) is 6.77. The number of amides is 1. The Hall–Kier alpha value is -3.23. The zero-order valence-corrected chi connectivity index (χ0v) is 20.6. The van der Waals surface area contributed by atoms with Crippen LogP contribution in [-0.2, 0) is 0 Å². The molecule has 1 aromatic heterocycles. The van der Waals surface area contributed by atoms with Crippen LogP contribution in [0.2, 0.25) is 0 Å². The Bertz CT molecular complexity index is 1220. The van der Waals surface area contributed by atoms with E-state index in [0.29, 0.717) is 28.6 Å². The van der Waals surface area contributed by atoms with Gasteiger partial charge < -0.3 is 19.5 Å². The van der Waals surface area contributed by atoms with Gasteiger partial charge in [-0.2, -0.15) is 0 Å². The van der Waals surface area contributed by atoms with Gasteiger partial charge in [0.15, 0.2) is 0 Å². The number of halogens is 3. The molecule has 1 aliphatic rings. The van der Waals surface area contributed by atoms with E-state index in [-0.39, 0.29) is 23.1 Å². The third kappa shape index (κ3) is 5.71. The standard InChI is InChI=1S/C26H31F3N4O2/c1-16-12-19(15-25(2,3)14-16)33-22-11-6-17(23(34)32(4)5)13-21(22)31-24(33)30-18-7-9-20(10-8-18)35-26(27,28)29/h6-11,13,16,19H,12,14-15H2,1-5H3,(H,30,31)/t16-,19+/m1/s1. The number of imidazole rings is 1. The molecule has 2 atom stereocenters. The van der Waals surface area contributed by atoms with E-state index >= 15 is 0 Å². The molecule has 9 heteroatoms. The average Bonchev–Trinajstić information content (AvgIpc) is 3.09. The van der Waals surface area contributed by atoms with Crippen LogP contribution in [0.3, 0.4) is 0 Å². The van der Waals surface area contributed by atoms with Crippen molar-refractivity contribution in [2.24, 2.45) is 11.3 Å². The van der Waals surface area contributed by atoms with Gasteiger partial charge in [-0.05, 0) is 73.1 Å². The number of benzene rings is 2. The van der Waals surface area contributed by atoms with Crippen molar-refractivity contribution in [2.45, 2.75) is 52.4 Å². The third-order valence-electron chi connectivity index (χ3n) is 6.42. The van der Waals surface area contributed by atoms with E-state index in [9.17, 15) is 18.0 Å². The molecule has 0 unspecified atom stereocenters. The van der Waals surface area contributed by atoms with Crippen molar-refractivity contribution in [3.63, 3.8) is 0 Å². The van der Waals surface area contributed by atoms with E-state index in [1.807, 2.05) is 12.1 Å². The normalized spacial score (nSPS) is 20.0. The fourth-order valence-electron chi connectivity index (χ4n) is 5.31. The highest BCUT2D eigenvalue weighted by Gasteiger charge is 2.35. The quantitative estimate of drug-likeness (QED) is 0.431. The number of carbonyl (C=O) groups excluding carboxylic acids is 1. The minimum absolute atomic E-state index is 0.108. The average molecular weight is 489 g/mol. The summed E-state index contributed by atoms with van der Waals surface area (Å²) in [7, 11) is 3.41. The highest BCUT2D eigenvalue weighted by atomic mass is 19.4. The van der Waals surface area contributed by atoms with E-state index < -0.39 is 6.36 Å². The van der Waals surface area contributed by atoms with Crippen LogP contribution >= 0.6 is 0 Å². The molecule has 0 saturated heterocycles. The second-order valence-corrected chi connectivity index (χ2v) is 10.5. The van der Waals surface area contributed by atoms with Gasteiger partial charge in [0.2, 0.25) is 5.95 Å². The van der Waals surface area contributed by atoms with Crippen LogP contribution in [0.4, 0.5) is 24.8 Å². The molecule has 6 nitrogen and oxygen atoms in total. The minimum Gasteiger partial charge on any atom is -0.406 e. The number of rotatable bonds is 5. The van der Waals surface area contributed by atoms with Crippen molar-refractivity contribution in [2.75, 3.05) is 19.4 Å². The molecule has 1 heterocycles. The van der Waals surface area contributed by atoms with Crippen LogP contribution in [-0.4, -0.2) is 40.8 Å². The van der Waals surface area contributed by atoms with Crippen LogP contribution in [0.15, 0.2) is 42.5 Å². The van der Waals surface area contributed by atoms with Crippen LogP contribution in [0, 0.1) is 11.3 Å². The maximum absolute atomic E-state index is 12.5. The smallest absolute Gasteiger partial charge is 0.406 e. The molecule has 1 N–H and O–H groups in total. The topological polar surface area (TPSA) is 59.4 Å². The first kappa shape index (κ1) is 24.9. The van der Waals surface area contributed by atoms with E-state index in [0.717, 1.165) is 24.8 Å². The molecular formula is C26H31F3N4O2. The summed E-state index contributed by atoms with van der Waals surface area (Å²) in [6, 6.07) is 11.3. The molecular weight excluding hydrogens is 457 g/mol. The summed E-state index contributed by atoms with van der Waals surface area (Å²) in [4.78, 5) is 18.8. The van der Waals surface area contributed by atoms with Crippen molar-refractivity contribution in [1.29, 1.82) is 0 Å². The molecule has 3 aromatic rings. The molecule has 1 fully saturated rings. The lowest BCUT2D eigenvalue weighted by atomic mass is 9.70. The number of nitrogens with zero attached hydrogens (tertiary/aromatic N) is 3. The van der Waals surface area contributed by atoms with Crippen molar-refractivity contribution >= 4 is 28.6 Å². The number of ether oxygens (including phenoxy) is 1. The number of aromatic nitrogens is 2.